The maximum absolute atomic E-state index is 12.6. The molecule has 3 heterocycles. The van der Waals surface area contributed by atoms with Crippen LogP contribution in [0, 0.1) is 12.8 Å². The monoisotopic (exact) mass is 378 g/mol. The van der Waals surface area contributed by atoms with Gasteiger partial charge in [-0.3, -0.25) is 14.6 Å². The van der Waals surface area contributed by atoms with Gasteiger partial charge < -0.3 is 10.2 Å². The van der Waals surface area contributed by atoms with Crippen LogP contribution < -0.4 is 10.2 Å². The molecule has 0 radical (unpaired) electrons. The quantitative estimate of drug-likeness (QED) is 0.754. The van der Waals surface area contributed by atoms with Crippen molar-refractivity contribution in [2.45, 2.75) is 13.3 Å². The standard InChI is InChI=1S/C20H18N4O2S/c1-13-5-7-15(8-6-13)24-11-14(10-18(24)25)19(26)23-20-22-17(12-27-20)16-4-2-3-9-21-16/h2-9,12,14H,10-11H2,1H3,(H,22,23,26)/t14-/m1/s1. The second-order valence-electron chi connectivity index (χ2n) is 6.48. The van der Waals surface area contributed by atoms with Crippen LogP contribution in [0.2, 0.25) is 0 Å². The third-order valence-electron chi connectivity index (χ3n) is 4.50. The van der Waals surface area contributed by atoms with Gasteiger partial charge in [0.15, 0.2) is 5.13 Å². The van der Waals surface area contributed by atoms with Crippen molar-refractivity contribution in [3.63, 3.8) is 0 Å². The highest BCUT2D eigenvalue weighted by atomic mass is 32.1. The molecule has 0 bridgehead atoms. The SMILES string of the molecule is Cc1ccc(N2C[C@H](C(=O)Nc3nc(-c4ccccn4)cs3)CC2=O)cc1. The topological polar surface area (TPSA) is 75.2 Å². The van der Waals surface area contributed by atoms with Gasteiger partial charge in [0, 0.05) is 30.2 Å². The Morgan fingerprint density at radius 1 is 1.19 bits per heavy atom. The molecular formula is C20H18N4O2S. The molecule has 1 fully saturated rings. The van der Waals surface area contributed by atoms with Gasteiger partial charge in [0.05, 0.1) is 11.6 Å². The van der Waals surface area contributed by atoms with Crippen LogP contribution in [0.5, 0.6) is 0 Å². The average molecular weight is 378 g/mol. The summed E-state index contributed by atoms with van der Waals surface area (Å²) in [5.41, 5.74) is 3.44. The molecule has 6 nitrogen and oxygen atoms in total. The Morgan fingerprint density at radius 3 is 2.74 bits per heavy atom. The van der Waals surface area contributed by atoms with Gasteiger partial charge >= 0.3 is 0 Å². The van der Waals surface area contributed by atoms with Crippen LogP contribution in [0.4, 0.5) is 10.8 Å². The van der Waals surface area contributed by atoms with Crippen molar-refractivity contribution < 1.29 is 9.59 Å². The Labute approximate surface area is 160 Å². The zero-order chi connectivity index (χ0) is 18.8. The summed E-state index contributed by atoms with van der Waals surface area (Å²) in [7, 11) is 0. The van der Waals surface area contributed by atoms with Gasteiger partial charge in [0.2, 0.25) is 11.8 Å². The number of aryl methyl sites for hydroxylation is 1. The molecule has 1 aromatic carbocycles. The zero-order valence-electron chi connectivity index (χ0n) is 14.8. The molecule has 1 N–H and O–H groups in total. The van der Waals surface area contributed by atoms with Crippen LogP contribution in [-0.2, 0) is 9.59 Å². The highest BCUT2D eigenvalue weighted by molar-refractivity contribution is 7.14. The van der Waals surface area contributed by atoms with E-state index in [1.54, 1.807) is 11.1 Å². The van der Waals surface area contributed by atoms with E-state index in [4.69, 9.17) is 0 Å². The summed E-state index contributed by atoms with van der Waals surface area (Å²) in [4.78, 5) is 35.3. The number of carbonyl (C=O) groups is 2. The molecule has 0 unspecified atom stereocenters. The van der Waals surface area contributed by atoms with Crippen LogP contribution in [0.25, 0.3) is 11.4 Å². The number of benzene rings is 1. The number of hydrogen-bond acceptors (Lipinski definition) is 5. The first-order chi connectivity index (χ1) is 13.1. The highest BCUT2D eigenvalue weighted by Crippen LogP contribution is 2.28. The van der Waals surface area contributed by atoms with E-state index in [0.29, 0.717) is 11.7 Å². The summed E-state index contributed by atoms with van der Waals surface area (Å²) < 4.78 is 0. The Kier molecular flexibility index (Phi) is 4.68. The third-order valence-corrected chi connectivity index (χ3v) is 5.26. The molecule has 1 atom stereocenters. The van der Waals surface area contributed by atoms with Crippen LogP contribution in [0.3, 0.4) is 0 Å². The fourth-order valence-electron chi connectivity index (χ4n) is 3.03. The minimum absolute atomic E-state index is 0.0349. The summed E-state index contributed by atoms with van der Waals surface area (Å²) in [5.74, 6) is -0.604. The van der Waals surface area contributed by atoms with E-state index in [2.05, 4.69) is 15.3 Å². The fourth-order valence-corrected chi connectivity index (χ4v) is 3.74. The Morgan fingerprint density at radius 2 is 2.00 bits per heavy atom. The van der Waals surface area contributed by atoms with E-state index < -0.39 is 0 Å². The summed E-state index contributed by atoms with van der Waals surface area (Å²) in [6.07, 6.45) is 1.91. The molecule has 0 spiro atoms. The van der Waals surface area contributed by atoms with Gasteiger partial charge in [-0.25, -0.2) is 4.98 Å². The first-order valence-corrected chi connectivity index (χ1v) is 9.53. The van der Waals surface area contributed by atoms with Crippen LogP contribution >= 0.6 is 11.3 Å². The highest BCUT2D eigenvalue weighted by Gasteiger charge is 2.35. The Bertz CT molecular complexity index is 969. The maximum atomic E-state index is 12.6. The number of nitrogens with zero attached hydrogens (tertiary/aromatic N) is 3. The number of hydrogen-bond donors (Lipinski definition) is 1. The van der Waals surface area contributed by atoms with E-state index >= 15 is 0 Å². The van der Waals surface area contributed by atoms with Gasteiger partial charge in [-0.15, -0.1) is 11.3 Å². The van der Waals surface area contributed by atoms with Crippen molar-refractivity contribution in [2.75, 3.05) is 16.8 Å². The van der Waals surface area contributed by atoms with Gasteiger partial charge in [-0.2, -0.15) is 0 Å². The smallest absolute Gasteiger partial charge is 0.231 e. The molecule has 4 rings (SSSR count). The minimum atomic E-state index is -0.388. The molecule has 3 aromatic rings. The number of amides is 2. The first kappa shape index (κ1) is 17.4. The normalized spacial score (nSPS) is 16.6. The number of carbonyl (C=O) groups excluding carboxylic acids is 2. The molecule has 2 amide bonds. The summed E-state index contributed by atoms with van der Waals surface area (Å²) in [5, 5.41) is 5.21. The second kappa shape index (κ2) is 7.28. The van der Waals surface area contributed by atoms with Crippen molar-refractivity contribution in [3.05, 3.63) is 59.6 Å². The first-order valence-electron chi connectivity index (χ1n) is 8.65. The zero-order valence-corrected chi connectivity index (χ0v) is 15.6. The molecule has 2 aromatic heterocycles. The van der Waals surface area contributed by atoms with E-state index in [1.165, 1.54) is 11.3 Å². The van der Waals surface area contributed by atoms with Crippen molar-refractivity contribution in [3.8, 4) is 11.4 Å². The predicted molar refractivity (Wildman–Crippen MR) is 106 cm³/mol. The molecule has 7 heteroatoms. The fraction of sp³-hybridized carbons (Fsp3) is 0.200. The minimum Gasteiger partial charge on any atom is -0.312 e. The lowest BCUT2D eigenvalue weighted by molar-refractivity contribution is -0.122. The number of anilines is 2. The molecule has 1 aliphatic heterocycles. The van der Waals surface area contributed by atoms with E-state index in [9.17, 15) is 9.59 Å². The summed E-state index contributed by atoms with van der Waals surface area (Å²) in [6.45, 7) is 2.38. The predicted octanol–water partition coefficient (Wildman–Crippen LogP) is 3.51. The van der Waals surface area contributed by atoms with E-state index in [1.807, 2.05) is 54.8 Å². The number of aromatic nitrogens is 2. The largest absolute Gasteiger partial charge is 0.312 e. The molecule has 1 saturated heterocycles. The summed E-state index contributed by atoms with van der Waals surface area (Å²) >= 11 is 1.35. The lowest BCUT2D eigenvalue weighted by Gasteiger charge is -2.16. The average Bonchev–Trinajstić information content (AvgIpc) is 3.30. The van der Waals surface area contributed by atoms with Crippen molar-refractivity contribution >= 4 is 34.0 Å². The number of rotatable bonds is 4. The van der Waals surface area contributed by atoms with Crippen molar-refractivity contribution in [1.29, 1.82) is 0 Å². The lowest BCUT2D eigenvalue weighted by Crippen LogP contribution is -2.28. The summed E-state index contributed by atoms with van der Waals surface area (Å²) in [6, 6.07) is 13.4. The lowest BCUT2D eigenvalue weighted by atomic mass is 10.1. The maximum Gasteiger partial charge on any atom is 0.231 e. The van der Waals surface area contributed by atoms with Crippen LogP contribution in [-0.4, -0.2) is 28.3 Å². The van der Waals surface area contributed by atoms with Crippen LogP contribution in [0.1, 0.15) is 12.0 Å². The van der Waals surface area contributed by atoms with Gasteiger partial charge in [0.25, 0.3) is 0 Å². The molecule has 1 aliphatic rings. The molecule has 0 aliphatic carbocycles. The van der Waals surface area contributed by atoms with E-state index in [0.717, 1.165) is 22.6 Å². The molecule has 27 heavy (non-hydrogen) atoms. The number of thiazole rings is 1. The Balaban J connectivity index is 1.43. The van der Waals surface area contributed by atoms with Gasteiger partial charge in [-0.1, -0.05) is 23.8 Å². The Hall–Kier alpha value is -3.06. The second-order valence-corrected chi connectivity index (χ2v) is 7.34. The third kappa shape index (κ3) is 3.73. The number of pyridine rings is 1. The molecule has 136 valence electrons. The van der Waals surface area contributed by atoms with Crippen molar-refractivity contribution in [2.24, 2.45) is 5.92 Å². The molecular weight excluding hydrogens is 360 g/mol. The van der Waals surface area contributed by atoms with Crippen molar-refractivity contribution in [1.82, 2.24) is 9.97 Å². The van der Waals surface area contributed by atoms with Crippen LogP contribution in [0.15, 0.2) is 54.0 Å². The number of nitrogens with one attached hydrogen (secondary N) is 1. The van der Waals surface area contributed by atoms with Gasteiger partial charge in [-0.05, 0) is 31.2 Å². The van der Waals surface area contributed by atoms with E-state index in [-0.39, 0.29) is 24.2 Å². The molecule has 0 saturated carbocycles. The van der Waals surface area contributed by atoms with Gasteiger partial charge in [0.1, 0.15) is 5.69 Å².